The number of anilines is 6. The van der Waals surface area contributed by atoms with E-state index in [9.17, 15) is 0 Å². The van der Waals surface area contributed by atoms with Crippen LogP contribution in [-0.2, 0) is 5.41 Å². The summed E-state index contributed by atoms with van der Waals surface area (Å²) >= 11 is 0. The first-order valence-electron chi connectivity index (χ1n) is 16.8. The maximum atomic E-state index is 4.96. The minimum Gasteiger partial charge on any atom is -0.318 e. The number of hydrogen-bond donors (Lipinski definition) is 0. The van der Waals surface area contributed by atoms with Gasteiger partial charge in [0.2, 0.25) is 0 Å². The third-order valence-corrected chi connectivity index (χ3v) is 11.3. The molecule has 4 aliphatic heterocycles. The molecule has 0 spiro atoms. The average molecular weight is 614 g/mol. The maximum absolute atomic E-state index is 4.96. The number of nitrogens with zero attached hydrogens (tertiary/aromatic N) is 5. The molecule has 47 heavy (non-hydrogen) atoms. The van der Waals surface area contributed by atoms with Crippen molar-refractivity contribution < 1.29 is 0 Å². The van der Waals surface area contributed by atoms with E-state index >= 15 is 0 Å². The second-order valence-corrected chi connectivity index (χ2v) is 13.3. The minimum atomic E-state index is -0.266. The van der Waals surface area contributed by atoms with Gasteiger partial charge in [0.15, 0.2) is 5.84 Å². The van der Waals surface area contributed by atoms with Crippen LogP contribution in [0.1, 0.15) is 37.8 Å². The van der Waals surface area contributed by atoms with Gasteiger partial charge in [0.1, 0.15) is 12.3 Å². The fourth-order valence-electron chi connectivity index (χ4n) is 9.32. The Kier molecular flexibility index (Phi) is 6.17. The van der Waals surface area contributed by atoms with Crippen LogP contribution in [0, 0.1) is 5.92 Å². The Balaban J connectivity index is 1.32. The lowest BCUT2D eigenvalue weighted by Gasteiger charge is -2.54. The molecule has 5 aromatic rings. The standard InChI is InChI=1S/C42H39N5/c1-5-33-39(43-4)47-35-25-15-13-23-32(35)42(3,28(2)40(47)44(33)29-18-8-6-9-19-29)38-31-22-12-14-24-34(31)46-37-27-17-16-26-36(37)45(41(38)46)30-20-10-7-11-21-30/h5-28,38,40-41H,1-4H3. The third kappa shape index (κ3) is 3.63. The number of amidine groups is 1. The van der Waals surface area contributed by atoms with Crippen molar-refractivity contribution in [2.75, 3.05) is 26.6 Å². The predicted molar refractivity (Wildman–Crippen MR) is 195 cm³/mol. The Hall–Kier alpha value is -5.29. The molecule has 0 amide bonds. The largest absolute Gasteiger partial charge is 0.318 e. The van der Waals surface area contributed by atoms with Gasteiger partial charge in [-0.2, -0.15) is 0 Å². The van der Waals surface area contributed by atoms with Crippen molar-refractivity contribution in [3.8, 4) is 0 Å². The molecule has 5 unspecified atom stereocenters. The van der Waals surface area contributed by atoms with E-state index in [0.29, 0.717) is 0 Å². The monoisotopic (exact) mass is 613 g/mol. The third-order valence-electron chi connectivity index (χ3n) is 11.3. The highest BCUT2D eigenvalue weighted by molar-refractivity contribution is 6.16. The molecule has 0 saturated carbocycles. The number of hydrogen-bond acceptors (Lipinski definition) is 4. The Morgan fingerprint density at radius 1 is 0.574 bits per heavy atom. The van der Waals surface area contributed by atoms with Crippen molar-refractivity contribution in [3.63, 3.8) is 0 Å². The summed E-state index contributed by atoms with van der Waals surface area (Å²) in [6.07, 6.45) is 2.33. The molecule has 0 aromatic heterocycles. The summed E-state index contributed by atoms with van der Waals surface area (Å²) in [4.78, 5) is 15.2. The number of fused-ring (bicyclic) bond motifs is 8. The molecular formula is C42H39N5. The topological polar surface area (TPSA) is 25.3 Å². The predicted octanol–water partition coefficient (Wildman–Crippen LogP) is 9.59. The van der Waals surface area contributed by atoms with E-state index in [1.54, 1.807) is 0 Å². The van der Waals surface area contributed by atoms with Crippen LogP contribution in [0.2, 0.25) is 0 Å². The Labute approximate surface area is 277 Å². The van der Waals surface area contributed by atoms with Gasteiger partial charge < -0.3 is 19.6 Å². The summed E-state index contributed by atoms with van der Waals surface area (Å²) in [5.74, 6) is 1.38. The van der Waals surface area contributed by atoms with E-state index in [2.05, 4.69) is 180 Å². The van der Waals surface area contributed by atoms with Crippen molar-refractivity contribution in [1.82, 2.24) is 0 Å². The first-order valence-corrected chi connectivity index (χ1v) is 16.8. The van der Waals surface area contributed by atoms with E-state index in [-0.39, 0.29) is 29.6 Å². The smallest absolute Gasteiger partial charge is 0.153 e. The van der Waals surface area contributed by atoms with Crippen LogP contribution in [0.5, 0.6) is 0 Å². The Bertz CT molecular complexity index is 2040. The highest BCUT2D eigenvalue weighted by Gasteiger charge is 2.63. The quantitative estimate of drug-likeness (QED) is 0.202. The molecule has 9 rings (SSSR count). The number of para-hydroxylation sites is 6. The van der Waals surface area contributed by atoms with Crippen molar-refractivity contribution in [2.24, 2.45) is 10.9 Å². The van der Waals surface area contributed by atoms with Crippen LogP contribution in [0.25, 0.3) is 0 Å². The first kappa shape index (κ1) is 28.0. The van der Waals surface area contributed by atoms with Gasteiger partial charge in [-0.3, -0.25) is 4.99 Å². The van der Waals surface area contributed by atoms with Gasteiger partial charge in [0, 0.05) is 47.0 Å². The van der Waals surface area contributed by atoms with Crippen LogP contribution in [-0.4, -0.2) is 25.2 Å². The van der Waals surface area contributed by atoms with Gasteiger partial charge in [0.25, 0.3) is 0 Å². The minimum absolute atomic E-state index is 0.0392. The molecule has 5 heteroatoms. The van der Waals surface area contributed by atoms with Crippen molar-refractivity contribution >= 4 is 40.0 Å². The lowest BCUT2D eigenvalue weighted by molar-refractivity contribution is 0.203. The van der Waals surface area contributed by atoms with Crippen LogP contribution < -0.4 is 19.6 Å². The molecule has 0 aliphatic carbocycles. The molecule has 1 saturated heterocycles. The zero-order chi connectivity index (χ0) is 31.9. The highest BCUT2D eigenvalue weighted by Crippen LogP contribution is 2.65. The van der Waals surface area contributed by atoms with E-state index in [0.717, 1.165) is 11.5 Å². The molecule has 1 fully saturated rings. The summed E-state index contributed by atoms with van der Waals surface area (Å²) in [7, 11) is 1.93. The second-order valence-electron chi connectivity index (χ2n) is 13.3. The van der Waals surface area contributed by atoms with Crippen LogP contribution in [0.15, 0.2) is 150 Å². The molecular weight excluding hydrogens is 574 g/mol. The number of benzene rings is 5. The molecule has 5 nitrogen and oxygen atoms in total. The Morgan fingerprint density at radius 3 is 1.74 bits per heavy atom. The lowest BCUT2D eigenvalue weighted by Crippen LogP contribution is -2.59. The van der Waals surface area contributed by atoms with Crippen LogP contribution in [0.4, 0.5) is 34.1 Å². The molecule has 0 N–H and O–H groups in total. The summed E-state index contributed by atoms with van der Waals surface area (Å²) in [5, 5.41) is 0. The van der Waals surface area contributed by atoms with E-state index in [1.165, 1.54) is 45.3 Å². The Morgan fingerprint density at radius 2 is 1.11 bits per heavy atom. The fraction of sp³-hybridized carbons (Fsp3) is 0.214. The average Bonchev–Trinajstić information content (AvgIpc) is 3.77. The normalized spacial score (nSPS) is 27.1. The second kappa shape index (κ2) is 10.4. The van der Waals surface area contributed by atoms with Gasteiger partial charge in [-0.05, 0) is 66.6 Å². The molecule has 232 valence electrons. The fourth-order valence-corrected chi connectivity index (χ4v) is 9.32. The van der Waals surface area contributed by atoms with Crippen molar-refractivity contribution in [3.05, 3.63) is 156 Å². The SMILES string of the molecule is CC=C1C(=NC)N2c3ccccc3C(C)(C3c4ccccc4N4c5ccccc5N(c5ccccc5)C34)C(C)C2N1c1ccccc1. The summed E-state index contributed by atoms with van der Waals surface area (Å²) < 4.78 is 0. The summed E-state index contributed by atoms with van der Waals surface area (Å²) in [5.41, 5.74) is 11.2. The highest BCUT2D eigenvalue weighted by atomic mass is 15.5. The first-order chi connectivity index (χ1) is 23.1. The molecule has 4 aliphatic rings. The van der Waals surface area contributed by atoms with Crippen molar-refractivity contribution in [2.45, 2.75) is 44.4 Å². The van der Waals surface area contributed by atoms with Gasteiger partial charge in [-0.15, -0.1) is 0 Å². The van der Waals surface area contributed by atoms with E-state index < -0.39 is 0 Å². The number of allylic oxidation sites excluding steroid dienone is 1. The summed E-state index contributed by atoms with van der Waals surface area (Å²) in [6.45, 7) is 7.17. The maximum Gasteiger partial charge on any atom is 0.153 e. The van der Waals surface area contributed by atoms with Crippen LogP contribution >= 0.6 is 0 Å². The molecule has 5 atom stereocenters. The van der Waals surface area contributed by atoms with Gasteiger partial charge in [0.05, 0.1) is 17.1 Å². The van der Waals surface area contributed by atoms with E-state index in [1.807, 2.05) is 7.05 Å². The van der Waals surface area contributed by atoms with Gasteiger partial charge in [-0.25, -0.2) is 0 Å². The van der Waals surface area contributed by atoms with Crippen LogP contribution in [0.3, 0.4) is 0 Å². The molecule has 5 aromatic carbocycles. The van der Waals surface area contributed by atoms with Gasteiger partial charge >= 0.3 is 0 Å². The van der Waals surface area contributed by atoms with Crippen molar-refractivity contribution in [1.29, 1.82) is 0 Å². The molecule has 0 bridgehead atoms. The van der Waals surface area contributed by atoms with Gasteiger partial charge in [-0.1, -0.05) is 105 Å². The lowest BCUT2D eigenvalue weighted by atomic mass is 9.58. The zero-order valence-electron chi connectivity index (χ0n) is 27.3. The zero-order valence-corrected chi connectivity index (χ0v) is 27.3. The molecule has 0 radical (unpaired) electrons. The van der Waals surface area contributed by atoms with E-state index in [4.69, 9.17) is 4.99 Å². The number of rotatable bonds is 3. The number of aliphatic imine (C=N–C) groups is 1. The summed E-state index contributed by atoms with van der Waals surface area (Å²) in [6, 6.07) is 49.0. The molecule has 4 heterocycles.